The monoisotopic (exact) mass is 220 g/mol. The summed E-state index contributed by atoms with van der Waals surface area (Å²) in [6.45, 7) is 1.14. The molecule has 0 aromatic heterocycles. The number of likely N-dealkylation sites (N-methyl/N-ethyl adjacent to an activating group) is 1. The predicted octanol–water partition coefficient (Wildman–Crippen LogP) is 1.71. The molecule has 3 heteroatoms. The minimum atomic E-state index is 0.397. The van der Waals surface area contributed by atoms with Crippen molar-refractivity contribution < 1.29 is 4.74 Å². The van der Waals surface area contributed by atoms with Crippen LogP contribution in [-0.4, -0.2) is 26.7 Å². The molecule has 1 aromatic rings. The first kappa shape index (κ1) is 11.4. The summed E-state index contributed by atoms with van der Waals surface area (Å²) in [5.41, 5.74) is 1.32. The molecular weight excluding hydrogens is 200 g/mol. The Bertz CT molecular complexity index is 317. The normalized spacial score (nSPS) is 22.0. The molecule has 88 valence electrons. The summed E-state index contributed by atoms with van der Waals surface area (Å²) in [5.74, 6) is 0.915. The van der Waals surface area contributed by atoms with E-state index in [2.05, 4.69) is 22.8 Å². The van der Waals surface area contributed by atoms with Gasteiger partial charge in [-0.3, -0.25) is 0 Å². The van der Waals surface area contributed by atoms with Gasteiger partial charge in [-0.05, 0) is 44.1 Å². The van der Waals surface area contributed by atoms with E-state index in [-0.39, 0.29) is 0 Å². The van der Waals surface area contributed by atoms with Crippen molar-refractivity contribution in [3.8, 4) is 5.75 Å². The van der Waals surface area contributed by atoms with Gasteiger partial charge in [0.05, 0.1) is 7.11 Å². The Morgan fingerprint density at radius 3 is 2.62 bits per heavy atom. The highest BCUT2D eigenvalue weighted by Gasteiger charge is 2.24. The molecule has 1 aliphatic rings. The van der Waals surface area contributed by atoms with E-state index in [4.69, 9.17) is 4.74 Å². The van der Waals surface area contributed by atoms with Crippen molar-refractivity contribution in [3.05, 3.63) is 29.8 Å². The molecule has 2 atom stereocenters. The van der Waals surface area contributed by atoms with E-state index in [1.54, 1.807) is 7.11 Å². The van der Waals surface area contributed by atoms with Crippen LogP contribution in [0.2, 0.25) is 0 Å². The van der Waals surface area contributed by atoms with Crippen LogP contribution < -0.4 is 15.4 Å². The van der Waals surface area contributed by atoms with Crippen molar-refractivity contribution in [2.75, 3.05) is 20.7 Å². The maximum Gasteiger partial charge on any atom is 0.118 e. The fourth-order valence-corrected chi connectivity index (χ4v) is 2.41. The third-order valence-electron chi connectivity index (χ3n) is 3.29. The standard InChI is InChI=1S/C13H20N2O/c1-14-13(12-4-3-9-15-12)10-5-7-11(16-2)8-6-10/h5-8,12-15H,3-4,9H2,1-2H3. The van der Waals surface area contributed by atoms with Crippen molar-refractivity contribution in [2.24, 2.45) is 0 Å². The number of nitrogens with one attached hydrogen (secondary N) is 2. The third-order valence-corrected chi connectivity index (χ3v) is 3.29. The van der Waals surface area contributed by atoms with Gasteiger partial charge in [-0.1, -0.05) is 12.1 Å². The van der Waals surface area contributed by atoms with Crippen LogP contribution in [0.25, 0.3) is 0 Å². The highest BCUT2D eigenvalue weighted by atomic mass is 16.5. The minimum Gasteiger partial charge on any atom is -0.497 e. The van der Waals surface area contributed by atoms with Crippen LogP contribution in [0.1, 0.15) is 24.4 Å². The van der Waals surface area contributed by atoms with Gasteiger partial charge in [-0.2, -0.15) is 0 Å². The fraction of sp³-hybridized carbons (Fsp3) is 0.538. The molecule has 1 fully saturated rings. The van der Waals surface area contributed by atoms with Gasteiger partial charge in [-0.15, -0.1) is 0 Å². The Balaban J connectivity index is 2.12. The zero-order valence-electron chi connectivity index (χ0n) is 9.99. The maximum absolute atomic E-state index is 5.17. The second kappa shape index (κ2) is 5.32. The number of methoxy groups -OCH3 is 1. The Labute approximate surface area is 97.2 Å². The molecule has 0 spiro atoms. The lowest BCUT2D eigenvalue weighted by Crippen LogP contribution is -2.36. The molecule has 0 radical (unpaired) electrons. The molecule has 16 heavy (non-hydrogen) atoms. The van der Waals surface area contributed by atoms with E-state index in [9.17, 15) is 0 Å². The lowest BCUT2D eigenvalue weighted by atomic mass is 9.98. The van der Waals surface area contributed by atoms with E-state index < -0.39 is 0 Å². The minimum absolute atomic E-state index is 0.397. The molecule has 3 nitrogen and oxygen atoms in total. The highest BCUT2D eigenvalue weighted by molar-refractivity contribution is 5.30. The SMILES string of the molecule is CNC(c1ccc(OC)cc1)C1CCCN1. The Kier molecular flexibility index (Phi) is 3.80. The molecule has 0 amide bonds. The largest absolute Gasteiger partial charge is 0.497 e. The first-order valence-corrected chi connectivity index (χ1v) is 5.89. The average molecular weight is 220 g/mol. The molecular formula is C13H20N2O. The van der Waals surface area contributed by atoms with Gasteiger partial charge in [0.15, 0.2) is 0 Å². The van der Waals surface area contributed by atoms with Gasteiger partial charge in [0.25, 0.3) is 0 Å². The van der Waals surface area contributed by atoms with E-state index in [0.29, 0.717) is 12.1 Å². The molecule has 2 unspecified atom stereocenters. The molecule has 1 aliphatic heterocycles. The lowest BCUT2D eigenvalue weighted by molar-refractivity contribution is 0.412. The number of rotatable bonds is 4. The van der Waals surface area contributed by atoms with Crippen LogP contribution in [0.5, 0.6) is 5.75 Å². The van der Waals surface area contributed by atoms with Crippen LogP contribution in [-0.2, 0) is 0 Å². The van der Waals surface area contributed by atoms with Gasteiger partial charge in [-0.25, -0.2) is 0 Å². The number of hydrogen-bond donors (Lipinski definition) is 2. The first-order valence-electron chi connectivity index (χ1n) is 5.89. The maximum atomic E-state index is 5.17. The Morgan fingerprint density at radius 1 is 1.38 bits per heavy atom. The van der Waals surface area contributed by atoms with E-state index in [1.807, 2.05) is 19.2 Å². The quantitative estimate of drug-likeness (QED) is 0.810. The van der Waals surface area contributed by atoms with Gasteiger partial charge < -0.3 is 15.4 Å². The van der Waals surface area contributed by atoms with E-state index >= 15 is 0 Å². The van der Waals surface area contributed by atoms with Crippen LogP contribution in [0.4, 0.5) is 0 Å². The van der Waals surface area contributed by atoms with Crippen LogP contribution >= 0.6 is 0 Å². The molecule has 0 aliphatic carbocycles. The van der Waals surface area contributed by atoms with E-state index in [1.165, 1.54) is 18.4 Å². The van der Waals surface area contributed by atoms with Crippen molar-refractivity contribution in [3.63, 3.8) is 0 Å². The molecule has 0 saturated carbocycles. The third kappa shape index (κ3) is 2.36. The van der Waals surface area contributed by atoms with E-state index in [0.717, 1.165) is 12.3 Å². The summed E-state index contributed by atoms with van der Waals surface area (Å²) in [6.07, 6.45) is 2.52. The predicted molar refractivity (Wildman–Crippen MR) is 65.8 cm³/mol. The summed E-state index contributed by atoms with van der Waals surface area (Å²) in [5, 5.41) is 6.94. The van der Waals surface area contributed by atoms with Gasteiger partial charge >= 0.3 is 0 Å². The van der Waals surface area contributed by atoms with Crippen LogP contribution in [0.15, 0.2) is 24.3 Å². The van der Waals surface area contributed by atoms with Crippen molar-refractivity contribution in [2.45, 2.75) is 24.9 Å². The number of hydrogen-bond acceptors (Lipinski definition) is 3. The summed E-state index contributed by atoms with van der Waals surface area (Å²) < 4.78 is 5.17. The summed E-state index contributed by atoms with van der Waals surface area (Å²) >= 11 is 0. The molecule has 2 N–H and O–H groups in total. The highest BCUT2D eigenvalue weighted by Crippen LogP contribution is 2.24. The Hall–Kier alpha value is -1.06. The van der Waals surface area contributed by atoms with Crippen molar-refractivity contribution in [1.82, 2.24) is 10.6 Å². The topological polar surface area (TPSA) is 33.3 Å². The lowest BCUT2D eigenvalue weighted by Gasteiger charge is -2.23. The summed E-state index contributed by atoms with van der Waals surface area (Å²) in [7, 11) is 3.72. The zero-order chi connectivity index (χ0) is 11.4. The Morgan fingerprint density at radius 2 is 2.12 bits per heavy atom. The second-order valence-corrected chi connectivity index (χ2v) is 4.24. The molecule has 1 saturated heterocycles. The fourth-order valence-electron chi connectivity index (χ4n) is 2.41. The van der Waals surface area contributed by atoms with Crippen molar-refractivity contribution >= 4 is 0 Å². The van der Waals surface area contributed by atoms with Crippen LogP contribution in [0.3, 0.4) is 0 Å². The zero-order valence-corrected chi connectivity index (χ0v) is 9.99. The summed E-state index contributed by atoms with van der Waals surface area (Å²) in [4.78, 5) is 0. The second-order valence-electron chi connectivity index (χ2n) is 4.24. The molecule has 0 bridgehead atoms. The van der Waals surface area contributed by atoms with Crippen molar-refractivity contribution in [1.29, 1.82) is 0 Å². The smallest absolute Gasteiger partial charge is 0.118 e. The molecule has 1 aromatic carbocycles. The first-order chi connectivity index (χ1) is 7.85. The van der Waals surface area contributed by atoms with Gasteiger partial charge in [0, 0.05) is 12.1 Å². The average Bonchev–Trinajstić information content (AvgIpc) is 2.85. The summed E-state index contributed by atoms with van der Waals surface area (Å²) in [6, 6.07) is 9.27. The van der Waals surface area contributed by atoms with Gasteiger partial charge in [0.2, 0.25) is 0 Å². The molecule has 1 heterocycles. The molecule has 2 rings (SSSR count). The number of benzene rings is 1. The van der Waals surface area contributed by atoms with Crippen LogP contribution in [0, 0.1) is 0 Å². The van der Waals surface area contributed by atoms with Gasteiger partial charge in [0.1, 0.15) is 5.75 Å². The number of ether oxygens (including phenoxy) is 1.